The zero-order chi connectivity index (χ0) is 12.5. The fourth-order valence-electron chi connectivity index (χ4n) is 2.91. The number of β-amino-alcohol motifs (C(OH)–C–C–N with tert-alkyl or cyclic N) is 1. The number of nitrogens with one attached hydrogen (secondary N) is 1. The highest BCUT2D eigenvalue weighted by Crippen LogP contribution is 2.24. The molecule has 2 aliphatic heterocycles. The van der Waals surface area contributed by atoms with Crippen LogP contribution in [0.5, 0.6) is 0 Å². The monoisotopic (exact) mass is 240 g/mol. The summed E-state index contributed by atoms with van der Waals surface area (Å²) < 4.78 is 0. The molecule has 0 spiro atoms. The highest BCUT2D eigenvalue weighted by atomic mass is 16.3. The highest BCUT2D eigenvalue weighted by Gasteiger charge is 2.37. The van der Waals surface area contributed by atoms with Crippen LogP contribution in [-0.2, 0) is 4.79 Å². The second-order valence-corrected chi connectivity index (χ2v) is 5.81. The summed E-state index contributed by atoms with van der Waals surface area (Å²) in [6, 6.07) is -0.0254. The molecule has 0 aromatic heterocycles. The Labute approximate surface area is 103 Å². The normalized spacial score (nSPS) is 38.4. The summed E-state index contributed by atoms with van der Waals surface area (Å²) in [4.78, 5) is 14.1. The molecule has 2 saturated heterocycles. The topological polar surface area (TPSA) is 52.6 Å². The van der Waals surface area contributed by atoms with Crippen LogP contribution in [0.4, 0.5) is 0 Å². The van der Waals surface area contributed by atoms with Gasteiger partial charge in [0.2, 0.25) is 5.91 Å². The van der Waals surface area contributed by atoms with Crippen molar-refractivity contribution in [2.24, 2.45) is 5.92 Å². The third-order valence-corrected chi connectivity index (χ3v) is 4.15. The molecule has 4 heteroatoms. The first kappa shape index (κ1) is 12.8. The summed E-state index contributed by atoms with van der Waals surface area (Å²) in [5, 5.41) is 13.2. The van der Waals surface area contributed by atoms with Gasteiger partial charge in [-0.3, -0.25) is 4.79 Å². The van der Waals surface area contributed by atoms with Crippen molar-refractivity contribution in [3.8, 4) is 0 Å². The maximum absolute atomic E-state index is 12.3. The van der Waals surface area contributed by atoms with Crippen molar-refractivity contribution in [2.45, 2.75) is 51.2 Å². The zero-order valence-corrected chi connectivity index (χ0v) is 10.9. The number of carbonyl (C=O) groups excluding carboxylic acids is 1. The first-order valence-electron chi connectivity index (χ1n) is 6.76. The third-order valence-electron chi connectivity index (χ3n) is 4.15. The molecule has 2 heterocycles. The van der Waals surface area contributed by atoms with Crippen LogP contribution in [0.15, 0.2) is 0 Å². The fraction of sp³-hybridized carbons (Fsp3) is 0.923. The first-order valence-corrected chi connectivity index (χ1v) is 6.76. The molecular weight excluding hydrogens is 216 g/mol. The molecule has 2 fully saturated rings. The van der Waals surface area contributed by atoms with Crippen LogP contribution in [-0.4, -0.2) is 47.2 Å². The SMILES string of the molecule is CCC1CCNC(C(=O)N2CCC(C)(O)C2)C1. The number of rotatable bonds is 2. The van der Waals surface area contributed by atoms with Gasteiger partial charge in [0, 0.05) is 13.1 Å². The molecule has 0 aliphatic carbocycles. The molecule has 98 valence electrons. The van der Waals surface area contributed by atoms with Gasteiger partial charge in [-0.1, -0.05) is 13.3 Å². The van der Waals surface area contributed by atoms with E-state index in [1.165, 1.54) is 6.42 Å². The maximum Gasteiger partial charge on any atom is 0.239 e. The number of likely N-dealkylation sites (tertiary alicyclic amines) is 1. The summed E-state index contributed by atoms with van der Waals surface area (Å²) in [5.74, 6) is 0.856. The van der Waals surface area contributed by atoms with E-state index in [-0.39, 0.29) is 11.9 Å². The Bertz CT molecular complexity index is 291. The molecular formula is C13H24N2O2. The molecule has 2 rings (SSSR count). The Morgan fingerprint density at radius 1 is 1.59 bits per heavy atom. The van der Waals surface area contributed by atoms with Gasteiger partial charge in [0.1, 0.15) is 0 Å². The van der Waals surface area contributed by atoms with Gasteiger partial charge in [-0.05, 0) is 38.6 Å². The van der Waals surface area contributed by atoms with Gasteiger partial charge in [0.25, 0.3) is 0 Å². The standard InChI is InChI=1S/C13H24N2O2/c1-3-10-4-6-14-11(8-10)12(16)15-7-5-13(2,17)9-15/h10-11,14,17H,3-9H2,1-2H3. The van der Waals surface area contributed by atoms with Gasteiger partial charge >= 0.3 is 0 Å². The molecule has 0 saturated carbocycles. The lowest BCUT2D eigenvalue weighted by Gasteiger charge is -2.32. The maximum atomic E-state index is 12.3. The summed E-state index contributed by atoms with van der Waals surface area (Å²) in [5.41, 5.74) is -0.686. The highest BCUT2D eigenvalue weighted by molar-refractivity contribution is 5.82. The molecule has 2 aliphatic rings. The molecule has 0 aromatic rings. The third kappa shape index (κ3) is 2.99. The lowest BCUT2D eigenvalue weighted by atomic mass is 9.90. The molecule has 0 radical (unpaired) electrons. The fourth-order valence-corrected chi connectivity index (χ4v) is 2.91. The summed E-state index contributed by atoms with van der Waals surface area (Å²) in [6.07, 6.45) is 3.98. The lowest BCUT2D eigenvalue weighted by Crippen LogP contribution is -2.50. The Balaban J connectivity index is 1.91. The van der Waals surface area contributed by atoms with Gasteiger partial charge in [-0.15, -0.1) is 0 Å². The van der Waals surface area contributed by atoms with Crippen LogP contribution in [0, 0.1) is 5.92 Å². The van der Waals surface area contributed by atoms with Gasteiger partial charge in [-0.25, -0.2) is 0 Å². The molecule has 1 amide bonds. The van der Waals surface area contributed by atoms with Crippen molar-refractivity contribution in [1.82, 2.24) is 10.2 Å². The molecule has 4 nitrogen and oxygen atoms in total. The predicted octanol–water partition coefficient (Wildman–Crippen LogP) is 0.748. The number of hydrogen-bond donors (Lipinski definition) is 2. The van der Waals surface area contributed by atoms with Crippen molar-refractivity contribution in [2.75, 3.05) is 19.6 Å². The molecule has 3 atom stereocenters. The van der Waals surface area contributed by atoms with E-state index in [4.69, 9.17) is 0 Å². The number of amides is 1. The van der Waals surface area contributed by atoms with Crippen molar-refractivity contribution in [1.29, 1.82) is 0 Å². The van der Waals surface area contributed by atoms with Crippen molar-refractivity contribution < 1.29 is 9.90 Å². The van der Waals surface area contributed by atoms with E-state index in [0.717, 1.165) is 19.4 Å². The Morgan fingerprint density at radius 2 is 2.35 bits per heavy atom. The minimum atomic E-state index is -0.686. The van der Waals surface area contributed by atoms with Gasteiger partial charge in [0.05, 0.1) is 11.6 Å². The number of carbonyl (C=O) groups is 1. The van der Waals surface area contributed by atoms with E-state index < -0.39 is 5.60 Å². The van der Waals surface area contributed by atoms with Crippen LogP contribution in [0.25, 0.3) is 0 Å². The van der Waals surface area contributed by atoms with E-state index in [1.54, 1.807) is 0 Å². The smallest absolute Gasteiger partial charge is 0.239 e. The molecule has 17 heavy (non-hydrogen) atoms. The lowest BCUT2D eigenvalue weighted by molar-refractivity contribution is -0.134. The van der Waals surface area contributed by atoms with E-state index in [9.17, 15) is 9.90 Å². The average molecular weight is 240 g/mol. The summed E-state index contributed by atoms with van der Waals surface area (Å²) in [6.45, 7) is 6.13. The summed E-state index contributed by atoms with van der Waals surface area (Å²) >= 11 is 0. The Kier molecular flexibility index (Phi) is 3.73. The van der Waals surface area contributed by atoms with Crippen LogP contribution in [0.1, 0.15) is 39.5 Å². The average Bonchev–Trinajstić information content (AvgIpc) is 2.69. The van der Waals surface area contributed by atoms with Crippen molar-refractivity contribution >= 4 is 5.91 Å². The van der Waals surface area contributed by atoms with Gasteiger partial charge in [-0.2, -0.15) is 0 Å². The van der Waals surface area contributed by atoms with Crippen LogP contribution in [0.3, 0.4) is 0 Å². The predicted molar refractivity (Wildman–Crippen MR) is 66.6 cm³/mol. The molecule has 0 aromatic carbocycles. The molecule has 0 bridgehead atoms. The van der Waals surface area contributed by atoms with E-state index in [1.807, 2.05) is 11.8 Å². The number of aliphatic hydroxyl groups is 1. The second kappa shape index (κ2) is 4.94. The number of nitrogens with zero attached hydrogens (tertiary/aromatic N) is 1. The van der Waals surface area contributed by atoms with Crippen LogP contribution in [0.2, 0.25) is 0 Å². The number of hydrogen-bond acceptors (Lipinski definition) is 3. The second-order valence-electron chi connectivity index (χ2n) is 5.81. The quantitative estimate of drug-likeness (QED) is 0.749. The Morgan fingerprint density at radius 3 is 2.94 bits per heavy atom. The summed E-state index contributed by atoms with van der Waals surface area (Å²) in [7, 11) is 0. The molecule has 3 unspecified atom stereocenters. The van der Waals surface area contributed by atoms with E-state index in [0.29, 0.717) is 25.4 Å². The van der Waals surface area contributed by atoms with Gasteiger partial charge < -0.3 is 15.3 Å². The van der Waals surface area contributed by atoms with Gasteiger partial charge in [0.15, 0.2) is 0 Å². The van der Waals surface area contributed by atoms with E-state index in [2.05, 4.69) is 12.2 Å². The van der Waals surface area contributed by atoms with Crippen molar-refractivity contribution in [3.63, 3.8) is 0 Å². The van der Waals surface area contributed by atoms with Crippen LogP contribution >= 0.6 is 0 Å². The minimum absolute atomic E-state index is 0.0254. The van der Waals surface area contributed by atoms with Crippen LogP contribution < -0.4 is 5.32 Å². The number of piperidine rings is 1. The Hall–Kier alpha value is -0.610. The largest absolute Gasteiger partial charge is 0.388 e. The first-order chi connectivity index (χ1) is 8.02. The van der Waals surface area contributed by atoms with E-state index >= 15 is 0 Å². The van der Waals surface area contributed by atoms with Crippen molar-refractivity contribution in [3.05, 3.63) is 0 Å². The minimum Gasteiger partial charge on any atom is -0.388 e. The zero-order valence-electron chi connectivity index (χ0n) is 10.9. The molecule has 2 N–H and O–H groups in total.